The summed E-state index contributed by atoms with van der Waals surface area (Å²) in [4.78, 5) is 31.8. The second-order valence-electron chi connectivity index (χ2n) is 6.08. The van der Waals surface area contributed by atoms with Crippen LogP contribution in [-0.2, 0) is 4.79 Å². The van der Waals surface area contributed by atoms with Crippen LogP contribution in [0.5, 0.6) is 0 Å². The van der Waals surface area contributed by atoms with Crippen LogP contribution in [0.2, 0.25) is 0 Å². The maximum absolute atomic E-state index is 12.7. The molecule has 0 bridgehead atoms. The first-order valence-electron chi connectivity index (χ1n) is 8.09. The second-order valence-corrected chi connectivity index (χ2v) is 8.19. The average Bonchev–Trinajstić information content (AvgIpc) is 3.27. The number of benzene rings is 1. The van der Waals surface area contributed by atoms with E-state index in [9.17, 15) is 14.7 Å². The third-order valence-corrected chi connectivity index (χ3v) is 6.66. The summed E-state index contributed by atoms with van der Waals surface area (Å²) >= 11 is 3.03. The van der Waals surface area contributed by atoms with E-state index in [0.717, 1.165) is 26.5 Å². The highest BCUT2D eigenvalue weighted by Gasteiger charge is 2.29. The Hall–Kier alpha value is -2.25. The van der Waals surface area contributed by atoms with Gasteiger partial charge in [0.15, 0.2) is 0 Å². The predicted octanol–water partition coefficient (Wildman–Crippen LogP) is 3.96. The van der Waals surface area contributed by atoms with Gasteiger partial charge in [0.1, 0.15) is 5.01 Å². The third kappa shape index (κ3) is 3.17. The van der Waals surface area contributed by atoms with Gasteiger partial charge in [-0.1, -0.05) is 12.1 Å². The van der Waals surface area contributed by atoms with Crippen molar-refractivity contribution >= 4 is 44.8 Å². The number of aliphatic carboxylic acids is 1. The molecular weight excluding hydrogens is 356 g/mol. The van der Waals surface area contributed by atoms with E-state index >= 15 is 0 Å². The van der Waals surface area contributed by atoms with E-state index in [1.807, 2.05) is 36.4 Å². The SMILES string of the molecule is O=C(O)C1CCCN(C(=O)c2ccc(-c3nc4ccccc4s3)s2)C1. The first kappa shape index (κ1) is 16.2. The van der Waals surface area contributed by atoms with Gasteiger partial charge in [0.2, 0.25) is 0 Å². The minimum Gasteiger partial charge on any atom is -0.481 e. The molecule has 3 heterocycles. The lowest BCUT2D eigenvalue weighted by molar-refractivity contribution is -0.143. The number of fused-ring (bicyclic) bond motifs is 1. The Labute approximate surface area is 152 Å². The lowest BCUT2D eigenvalue weighted by atomic mass is 9.98. The maximum Gasteiger partial charge on any atom is 0.308 e. The predicted molar refractivity (Wildman–Crippen MR) is 99.2 cm³/mol. The fourth-order valence-corrected chi connectivity index (χ4v) is 5.06. The summed E-state index contributed by atoms with van der Waals surface area (Å²) in [5, 5.41) is 10.1. The van der Waals surface area contributed by atoms with Gasteiger partial charge in [-0.15, -0.1) is 22.7 Å². The highest BCUT2D eigenvalue weighted by Crippen LogP contribution is 2.35. The number of likely N-dealkylation sites (tertiary alicyclic amines) is 1. The maximum atomic E-state index is 12.7. The lowest BCUT2D eigenvalue weighted by Crippen LogP contribution is -2.42. The molecule has 1 saturated heterocycles. The molecule has 1 unspecified atom stereocenters. The number of rotatable bonds is 3. The Morgan fingerprint density at radius 3 is 2.80 bits per heavy atom. The average molecular weight is 372 g/mol. The molecule has 2 aromatic heterocycles. The van der Waals surface area contributed by atoms with Crippen LogP contribution >= 0.6 is 22.7 Å². The van der Waals surface area contributed by atoms with Crippen molar-refractivity contribution in [3.8, 4) is 9.88 Å². The van der Waals surface area contributed by atoms with Crippen molar-refractivity contribution in [2.45, 2.75) is 12.8 Å². The molecule has 128 valence electrons. The van der Waals surface area contributed by atoms with Crippen molar-refractivity contribution in [1.82, 2.24) is 9.88 Å². The molecule has 0 radical (unpaired) electrons. The van der Waals surface area contributed by atoms with Crippen molar-refractivity contribution in [2.24, 2.45) is 5.92 Å². The molecule has 1 fully saturated rings. The Balaban J connectivity index is 1.56. The van der Waals surface area contributed by atoms with Crippen LogP contribution in [0.4, 0.5) is 0 Å². The fourth-order valence-electron chi connectivity index (χ4n) is 3.06. The first-order valence-corrected chi connectivity index (χ1v) is 9.73. The zero-order valence-electron chi connectivity index (χ0n) is 13.3. The molecule has 25 heavy (non-hydrogen) atoms. The minimum atomic E-state index is -0.821. The van der Waals surface area contributed by atoms with Crippen LogP contribution in [0.1, 0.15) is 22.5 Å². The molecule has 1 aliphatic heterocycles. The standard InChI is InChI=1S/C18H16N2O3S2/c21-17(20-9-3-4-11(10-20)18(22)23)15-8-7-14(24-15)16-19-12-5-1-2-6-13(12)25-16/h1-2,5-8,11H,3-4,9-10H2,(H,22,23). The number of thiophene rings is 1. The highest BCUT2D eigenvalue weighted by molar-refractivity contribution is 7.26. The quantitative estimate of drug-likeness (QED) is 0.755. The van der Waals surface area contributed by atoms with Crippen molar-refractivity contribution in [3.05, 3.63) is 41.3 Å². The number of carbonyl (C=O) groups excluding carboxylic acids is 1. The van der Waals surface area contributed by atoms with Gasteiger partial charge < -0.3 is 10.0 Å². The molecular formula is C18H16N2O3S2. The fraction of sp³-hybridized carbons (Fsp3) is 0.278. The molecule has 1 atom stereocenters. The smallest absolute Gasteiger partial charge is 0.308 e. The normalized spacial score (nSPS) is 17.8. The van der Waals surface area contributed by atoms with Gasteiger partial charge in [0, 0.05) is 13.1 Å². The van der Waals surface area contributed by atoms with Crippen LogP contribution in [-0.4, -0.2) is 40.0 Å². The Kier molecular flexibility index (Phi) is 4.27. The second kappa shape index (κ2) is 6.57. The number of carboxylic acids is 1. The van der Waals surface area contributed by atoms with Gasteiger partial charge in [-0.3, -0.25) is 9.59 Å². The van der Waals surface area contributed by atoms with Crippen LogP contribution < -0.4 is 0 Å². The van der Waals surface area contributed by atoms with Crippen molar-refractivity contribution in [1.29, 1.82) is 0 Å². The number of carbonyl (C=O) groups is 2. The summed E-state index contributed by atoms with van der Waals surface area (Å²) in [5.74, 6) is -1.36. The molecule has 1 amide bonds. The van der Waals surface area contributed by atoms with Crippen LogP contribution in [0, 0.1) is 5.92 Å². The number of thiazole rings is 1. The molecule has 7 heteroatoms. The molecule has 3 aromatic rings. The number of carboxylic acid groups (broad SMARTS) is 1. The first-order chi connectivity index (χ1) is 12.1. The van der Waals surface area contributed by atoms with Gasteiger partial charge in [-0.25, -0.2) is 4.98 Å². The number of hydrogen-bond donors (Lipinski definition) is 1. The number of piperidine rings is 1. The zero-order chi connectivity index (χ0) is 17.4. The summed E-state index contributed by atoms with van der Waals surface area (Å²) in [5.41, 5.74) is 0.962. The molecule has 1 aliphatic rings. The topological polar surface area (TPSA) is 70.5 Å². The van der Waals surface area contributed by atoms with Crippen LogP contribution in [0.3, 0.4) is 0 Å². The van der Waals surface area contributed by atoms with Crippen molar-refractivity contribution in [3.63, 3.8) is 0 Å². The summed E-state index contributed by atoms with van der Waals surface area (Å²) < 4.78 is 1.12. The van der Waals surface area contributed by atoms with E-state index in [2.05, 4.69) is 4.98 Å². The van der Waals surface area contributed by atoms with E-state index in [-0.39, 0.29) is 5.91 Å². The van der Waals surface area contributed by atoms with Gasteiger partial charge >= 0.3 is 5.97 Å². The molecule has 0 aliphatic carbocycles. The van der Waals surface area contributed by atoms with Gasteiger partial charge in [0.25, 0.3) is 5.91 Å². The molecule has 4 rings (SSSR count). The summed E-state index contributed by atoms with van der Waals surface area (Å²) in [6.45, 7) is 0.916. The van der Waals surface area contributed by atoms with E-state index in [1.54, 1.807) is 16.2 Å². The molecule has 1 aromatic carbocycles. The van der Waals surface area contributed by atoms with Gasteiger partial charge in [-0.05, 0) is 37.1 Å². The molecule has 1 N–H and O–H groups in total. The van der Waals surface area contributed by atoms with Crippen molar-refractivity contribution in [2.75, 3.05) is 13.1 Å². The molecule has 0 spiro atoms. The Bertz CT molecular complexity index is 914. The molecule has 0 saturated carbocycles. The number of hydrogen-bond acceptors (Lipinski definition) is 5. The van der Waals surface area contributed by atoms with Gasteiger partial charge in [0.05, 0.1) is 25.9 Å². The van der Waals surface area contributed by atoms with E-state index in [4.69, 9.17) is 0 Å². The third-order valence-electron chi connectivity index (χ3n) is 4.38. The number of amides is 1. The number of nitrogens with zero attached hydrogens (tertiary/aromatic N) is 2. The summed E-state index contributed by atoms with van der Waals surface area (Å²) in [6, 6.07) is 11.7. The van der Waals surface area contributed by atoms with Crippen LogP contribution in [0.25, 0.3) is 20.1 Å². The van der Waals surface area contributed by atoms with E-state index in [0.29, 0.717) is 24.4 Å². The van der Waals surface area contributed by atoms with Gasteiger partial charge in [-0.2, -0.15) is 0 Å². The van der Waals surface area contributed by atoms with E-state index in [1.165, 1.54) is 11.3 Å². The summed E-state index contributed by atoms with van der Waals surface area (Å²) in [6.07, 6.45) is 1.37. The Morgan fingerprint density at radius 2 is 2.00 bits per heavy atom. The number of aromatic nitrogens is 1. The zero-order valence-corrected chi connectivity index (χ0v) is 15.0. The monoisotopic (exact) mass is 372 g/mol. The van der Waals surface area contributed by atoms with Crippen LogP contribution in [0.15, 0.2) is 36.4 Å². The molecule has 5 nitrogen and oxygen atoms in total. The summed E-state index contributed by atoms with van der Waals surface area (Å²) in [7, 11) is 0. The highest BCUT2D eigenvalue weighted by atomic mass is 32.1. The minimum absolute atomic E-state index is 0.0803. The largest absolute Gasteiger partial charge is 0.481 e. The Morgan fingerprint density at radius 1 is 1.16 bits per heavy atom. The lowest BCUT2D eigenvalue weighted by Gasteiger charge is -2.30. The number of para-hydroxylation sites is 1. The van der Waals surface area contributed by atoms with E-state index < -0.39 is 11.9 Å². The van der Waals surface area contributed by atoms with Crippen molar-refractivity contribution < 1.29 is 14.7 Å².